The number of fused-ring (bicyclic) bond motifs is 1. The molecule has 112 valence electrons. The van der Waals surface area contributed by atoms with Crippen LogP contribution in [0.15, 0.2) is 54.6 Å². The monoisotopic (exact) mass is 293 g/mol. The van der Waals surface area contributed by atoms with Gasteiger partial charge in [-0.1, -0.05) is 55.5 Å². The number of ether oxygens (including phenoxy) is 1. The Balaban J connectivity index is 2.17. The van der Waals surface area contributed by atoms with Crippen molar-refractivity contribution >= 4 is 16.9 Å². The van der Waals surface area contributed by atoms with Crippen LogP contribution in [0.1, 0.15) is 41.4 Å². The van der Waals surface area contributed by atoms with E-state index in [4.69, 9.17) is 4.74 Å². The molecule has 0 spiro atoms. The van der Waals surface area contributed by atoms with Gasteiger partial charge in [0.25, 0.3) is 0 Å². The molecule has 3 heteroatoms. The Hall–Kier alpha value is -2.55. The van der Waals surface area contributed by atoms with Crippen molar-refractivity contribution in [1.82, 2.24) is 4.98 Å². The predicted octanol–water partition coefficient (Wildman–Crippen LogP) is 4.50. The van der Waals surface area contributed by atoms with Crippen LogP contribution in [0.3, 0.4) is 0 Å². The quantitative estimate of drug-likeness (QED) is 0.720. The summed E-state index contributed by atoms with van der Waals surface area (Å²) in [5, 5.41) is 1.07. The van der Waals surface area contributed by atoms with Crippen molar-refractivity contribution in [2.24, 2.45) is 0 Å². The molecule has 1 N–H and O–H groups in total. The van der Waals surface area contributed by atoms with Crippen molar-refractivity contribution in [3.63, 3.8) is 0 Å². The average Bonchev–Trinajstić information content (AvgIpc) is 2.95. The van der Waals surface area contributed by atoms with Gasteiger partial charge in [0.15, 0.2) is 0 Å². The highest BCUT2D eigenvalue weighted by molar-refractivity contribution is 5.99. The van der Waals surface area contributed by atoms with Crippen molar-refractivity contribution in [2.75, 3.05) is 6.61 Å². The smallest absolute Gasteiger partial charge is 0.355 e. The van der Waals surface area contributed by atoms with E-state index in [9.17, 15) is 4.79 Å². The molecule has 3 aromatic rings. The number of carbonyl (C=O) groups excluding carboxylic acids is 1. The van der Waals surface area contributed by atoms with Crippen LogP contribution in [-0.4, -0.2) is 17.6 Å². The van der Waals surface area contributed by atoms with Gasteiger partial charge in [-0.2, -0.15) is 0 Å². The first-order chi connectivity index (χ1) is 10.7. The fraction of sp³-hybridized carbons (Fsp3) is 0.211. The van der Waals surface area contributed by atoms with E-state index in [1.165, 1.54) is 5.56 Å². The molecule has 0 aliphatic carbocycles. The van der Waals surface area contributed by atoms with E-state index in [-0.39, 0.29) is 11.9 Å². The third-order valence-corrected chi connectivity index (χ3v) is 3.96. The molecule has 2 aromatic carbocycles. The van der Waals surface area contributed by atoms with E-state index >= 15 is 0 Å². The third kappa shape index (κ3) is 2.50. The molecule has 0 radical (unpaired) electrons. The first-order valence-corrected chi connectivity index (χ1v) is 7.55. The number of aromatic amines is 1. The first kappa shape index (κ1) is 14.4. The highest BCUT2D eigenvalue weighted by Gasteiger charge is 2.23. The number of esters is 1. The number of benzene rings is 2. The number of hydrogen-bond acceptors (Lipinski definition) is 2. The van der Waals surface area contributed by atoms with Gasteiger partial charge >= 0.3 is 5.97 Å². The van der Waals surface area contributed by atoms with Gasteiger partial charge in [-0.05, 0) is 24.1 Å². The summed E-state index contributed by atoms with van der Waals surface area (Å²) in [5.41, 5.74) is 3.70. The van der Waals surface area contributed by atoms with E-state index in [0.29, 0.717) is 12.3 Å². The molecule has 1 heterocycles. The maximum Gasteiger partial charge on any atom is 0.355 e. The molecule has 1 aromatic heterocycles. The Labute approximate surface area is 129 Å². The van der Waals surface area contributed by atoms with E-state index in [1.807, 2.05) is 49.4 Å². The number of aromatic nitrogens is 1. The zero-order valence-corrected chi connectivity index (χ0v) is 12.8. The fourth-order valence-electron chi connectivity index (χ4n) is 2.89. The summed E-state index contributed by atoms with van der Waals surface area (Å²) < 4.78 is 5.21. The zero-order chi connectivity index (χ0) is 15.5. The Kier molecular flexibility index (Phi) is 3.96. The number of nitrogens with one attached hydrogen (secondary N) is 1. The number of H-pyrrole nitrogens is 1. The second kappa shape index (κ2) is 6.06. The minimum atomic E-state index is -0.295. The molecule has 1 atom stereocenters. The molecule has 0 aliphatic heterocycles. The Morgan fingerprint density at radius 1 is 1.09 bits per heavy atom. The van der Waals surface area contributed by atoms with E-state index < -0.39 is 0 Å². The normalized spacial score (nSPS) is 12.3. The van der Waals surface area contributed by atoms with Crippen molar-refractivity contribution in [3.8, 4) is 0 Å². The maximum atomic E-state index is 12.3. The molecular weight excluding hydrogens is 274 g/mol. The van der Waals surface area contributed by atoms with Crippen LogP contribution in [0, 0.1) is 0 Å². The summed E-state index contributed by atoms with van der Waals surface area (Å²) in [4.78, 5) is 15.5. The van der Waals surface area contributed by atoms with Crippen LogP contribution < -0.4 is 0 Å². The van der Waals surface area contributed by atoms with Crippen LogP contribution in [0.25, 0.3) is 10.9 Å². The second-order valence-electron chi connectivity index (χ2n) is 5.31. The molecule has 3 rings (SSSR count). The lowest BCUT2D eigenvalue weighted by molar-refractivity contribution is 0.0519. The Morgan fingerprint density at radius 2 is 1.77 bits per heavy atom. The van der Waals surface area contributed by atoms with Gasteiger partial charge < -0.3 is 9.72 Å². The van der Waals surface area contributed by atoms with Gasteiger partial charge in [-0.25, -0.2) is 4.79 Å². The predicted molar refractivity (Wildman–Crippen MR) is 88.2 cm³/mol. The van der Waals surface area contributed by atoms with Gasteiger partial charge in [0.1, 0.15) is 5.69 Å². The molecule has 0 fully saturated rings. The first-order valence-electron chi connectivity index (χ1n) is 7.55. The number of rotatable bonds is 4. The summed E-state index contributed by atoms with van der Waals surface area (Å²) >= 11 is 0. The third-order valence-electron chi connectivity index (χ3n) is 3.96. The van der Waals surface area contributed by atoms with Crippen molar-refractivity contribution < 1.29 is 9.53 Å². The average molecular weight is 293 g/mol. The van der Waals surface area contributed by atoms with Crippen molar-refractivity contribution in [1.29, 1.82) is 0 Å². The number of carbonyl (C=O) groups is 1. The van der Waals surface area contributed by atoms with E-state index in [2.05, 4.69) is 24.0 Å². The molecule has 0 saturated carbocycles. The standard InChI is InChI=1S/C19H19NO2/c1-3-22-19(21)18-17(13(2)14-9-5-4-6-10-14)15-11-7-8-12-16(15)20-18/h4-13,20H,3H2,1-2H3. The molecule has 0 bridgehead atoms. The molecular formula is C19H19NO2. The molecule has 0 amide bonds. The summed E-state index contributed by atoms with van der Waals surface area (Å²) in [6.07, 6.45) is 0. The zero-order valence-electron chi connectivity index (χ0n) is 12.8. The minimum Gasteiger partial charge on any atom is -0.461 e. The van der Waals surface area contributed by atoms with Crippen LogP contribution >= 0.6 is 0 Å². The lowest BCUT2D eigenvalue weighted by Gasteiger charge is -2.13. The maximum absolute atomic E-state index is 12.3. The lowest BCUT2D eigenvalue weighted by atomic mass is 9.91. The summed E-state index contributed by atoms with van der Waals surface area (Å²) in [6.45, 7) is 4.31. The molecule has 0 saturated heterocycles. The van der Waals surface area contributed by atoms with Crippen molar-refractivity contribution in [3.05, 3.63) is 71.4 Å². The van der Waals surface area contributed by atoms with Gasteiger partial charge in [0.2, 0.25) is 0 Å². The number of hydrogen-bond donors (Lipinski definition) is 1. The Morgan fingerprint density at radius 3 is 2.50 bits per heavy atom. The Bertz CT molecular complexity index is 790. The van der Waals surface area contributed by atoms with Crippen LogP contribution in [0.5, 0.6) is 0 Å². The second-order valence-corrected chi connectivity index (χ2v) is 5.31. The summed E-state index contributed by atoms with van der Waals surface area (Å²) in [6, 6.07) is 18.2. The van der Waals surface area contributed by atoms with E-state index in [1.54, 1.807) is 0 Å². The SMILES string of the molecule is CCOC(=O)c1[nH]c2ccccc2c1C(C)c1ccccc1. The molecule has 0 aliphatic rings. The van der Waals surface area contributed by atoms with Gasteiger partial charge in [0.05, 0.1) is 6.61 Å². The van der Waals surface area contributed by atoms with Crippen LogP contribution in [0.2, 0.25) is 0 Å². The summed E-state index contributed by atoms with van der Waals surface area (Å²) in [5.74, 6) is -0.187. The topological polar surface area (TPSA) is 42.1 Å². The largest absolute Gasteiger partial charge is 0.461 e. The highest BCUT2D eigenvalue weighted by atomic mass is 16.5. The van der Waals surface area contributed by atoms with Crippen molar-refractivity contribution in [2.45, 2.75) is 19.8 Å². The lowest BCUT2D eigenvalue weighted by Crippen LogP contribution is -2.10. The van der Waals surface area contributed by atoms with Gasteiger partial charge in [-0.3, -0.25) is 0 Å². The minimum absolute atomic E-state index is 0.108. The molecule has 22 heavy (non-hydrogen) atoms. The molecule has 3 nitrogen and oxygen atoms in total. The van der Waals surface area contributed by atoms with Crippen LogP contribution in [0.4, 0.5) is 0 Å². The number of para-hydroxylation sites is 1. The highest BCUT2D eigenvalue weighted by Crippen LogP contribution is 2.33. The van der Waals surface area contributed by atoms with E-state index in [0.717, 1.165) is 16.5 Å². The van der Waals surface area contributed by atoms with Gasteiger partial charge in [0, 0.05) is 16.8 Å². The van der Waals surface area contributed by atoms with Crippen LogP contribution in [-0.2, 0) is 4.74 Å². The summed E-state index contributed by atoms with van der Waals surface area (Å²) in [7, 11) is 0. The van der Waals surface area contributed by atoms with Gasteiger partial charge in [-0.15, -0.1) is 0 Å². The molecule has 1 unspecified atom stereocenters. The fourth-order valence-corrected chi connectivity index (χ4v) is 2.89.